The molecule has 0 aliphatic carbocycles. The van der Waals surface area contributed by atoms with Crippen molar-refractivity contribution >= 4 is 40.0 Å². The molecule has 4 aromatic rings. The monoisotopic (exact) mass is 399 g/mol. The van der Waals surface area contributed by atoms with Gasteiger partial charge in [0.05, 0.1) is 23.9 Å². The van der Waals surface area contributed by atoms with Crippen LogP contribution in [0.3, 0.4) is 0 Å². The molecular weight excluding hydrogens is 382 g/mol. The molecule has 0 saturated carbocycles. The molecular formula is C22H17N5O3. The van der Waals surface area contributed by atoms with Crippen LogP contribution in [-0.2, 0) is 4.74 Å². The van der Waals surface area contributed by atoms with Crippen molar-refractivity contribution in [1.29, 1.82) is 0 Å². The third-order valence-corrected chi connectivity index (χ3v) is 4.36. The second-order valence-corrected chi connectivity index (χ2v) is 6.33. The first-order valence-electron chi connectivity index (χ1n) is 9.08. The molecule has 0 aliphatic heterocycles. The highest BCUT2D eigenvalue weighted by Gasteiger charge is 2.11. The summed E-state index contributed by atoms with van der Waals surface area (Å²) in [6, 6.07) is 19.3. The predicted molar refractivity (Wildman–Crippen MR) is 113 cm³/mol. The average molecular weight is 399 g/mol. The Kier molecular flexibility index (Phi) is 5.29. The zero-order valence-electron chi connectivity index (χ0n) is 16.0. The third-order valence-electron chi connectivity index (χ3n) is 4.36. The van der Waals surface area contributed by atoms with Gasteiger partial charge in [-0.3, -0.25) is 9.78 Å². The third kappa shape index (κ3) is 4.07. The molecule has 4 rings (SSSR count). The molecule has 2 aromatic heterocycles. The molecule has 2 N–H and O–H groups in total. The van der Waals surface area contributed by atoms with Crippen LogP contribution >= 0.6 is 0 Å². The summed E-state index contributed by atoms with van der Waals surface area (Å²) in [5.74, 6) is -0.359. The lowest BCUT2D eigenvalue weighted by Gasteiger charge is -2.09. The summed E-state index contributed by atoms with van der Waals surface area (Å²) < 4.78 is 4.65. The minimum absolute atomic E-state index is 0.161. The Bertz CT molecular complexity index is 1200. The number of fused-ring (bicyclic) bond motifs is 1. The van der Waals surface area contributed by atoms with E-state index in [2.05, 4.69) is 30.6 Å². The van der Waals surface area contributed by atoms with Crippen molar-refractivity contribution in [2.75, 3.05) is 17.7 Å². The van der Waals surface area contributed by atoms with Crippen molar-refractivity contribution < 1.29 is 14.3 Å². The molecule has 0 saturated heterocycles. The largest absolute Gasteiger partial charge is 0.465 e. The van der Waals surface area contributed by atoms with Gasteiger partial charge in [-0.25, -0.2) is 4.79 Å². The van der Waals surface area contributed by atoms with Crippen LogP contribution < -0.4 is 10.6 Å². The van der Waals surface area contributed by atoms with Crippen LogP contribution in [0.1, 0.15) is 20.8 Å². The van der Waals surface area contributed by atoms with E-state index in [0.717, 1.165) is 16.6 Å². The Morgan fingerprint density at radius 2 is 1.70 bits per heavy atom. The van der Waals surface area contributed by atoms with Gasteiger partial charge in [0.2, 0.25) is 0 Å². The summed E-state index contributed by atoms with van der Waals surface area (Å²) in [6.07, 6.45) is 1.73. The molecule has 148 valence electrons. The maximum atomic E-state index is 12.4. The highest BCUT2D eigenvalue weighted by molar-refractivity contribution is 6.03. The fraction of sp³-hybridized carbons (Fsp3) is 0.0455. The van der Waals surface area contributed by atoms with Crippen molar-refractivity contribution in [3.05, 3.63) is 84.2 Å². The predicted octanol–water partition coefficient (Wildman–Crippen LogP) is 3.81. The number of para-hydroxylation sites is 1. The number of benzene rings is 2. The topological polar surface area (TPSA) is 106 Å². The van der Waals surface area contributed by atoms with E-state index in [-0.39, 0.29) is 5.69 Å². The minimum atomic E-state index is -0.441. The molecule has 30 heavy (non-hydrogen) atoms. The first-order chi connectivity index (χ1) is 14.6. The molecule has 0 aliphatic rings. The molecule has 0 unspecified atom stereocenters. The highest BCUT2D eigenvalue weighted by Crippen LogP contribution is 2.23. The number of anilines is 3. The van der Waals surface area contributed by atoms with Gasteiger partial charge in [-0.05, 0) is 48.5 Å². The van der Waals surface area contributed by atoms with Gasteiger partial charge in [0.25, 0.3) is 5.91 Å². The number of pyridine rings is 1. The fourth-order valence-electron chi connectivity index (χ4n) is 2.87. The molecule has 0 spiro atoms. The summed E-state index contributed by atoms with van der Waals surface area (Å²) in [5, 5.41) is 15.0. The summed E-state index contributed by atoms with van der Waals surface area (Å²) >= 11 is 0. The zero-order chi connectivity index (χ0) is 20.9. The van der Waals surface area contributed by atoms with Crippen LogP contribution in [0.2, 0.25) is 0 Å². The van der Waals surface area contributed by atoms with Crippen LogP contribution in [-0.4, -0.2) is 34.2 Å². The van der Waals surface area contributed by atoms with Crippen molar-refractivity contribution in [2.45, 2.75) is 0 Å². The van der Waals surface area contributed by atoms with Crippen LogP contribution in [0.4, 0.5) is 17.2 Å². The molecule has 2 aromatic carbocycles. The first-order valence-corrected chi connectivity index (χ1v) is 9.08. The maximum absolute atomic E-state index is 12.4. The van der Waals surface area contributed by atoms with E-state index in [0.29, 0.717) is 17.1 Å². The van der Waals surface area contributed by atoms with Crippen LogP contribution in [0.15, 0.2) is 72.9 Å². The quantitative estimate of drug-likeness (QED) is 0.492. The van der Waals surface area contributed by atoms with Gasteiger partial charge in [0.15, 0.2) is 11.5 Å². The summed E-state index contributed by atoms with van der Waals surface area (Å²) in [5.41, 5.74) is 2.70. The van der Waals surface area contributed by atoms with Crippen LogP contribution in [0.25, 0.3) is 10.9 Å². The van der Waals surface area contributed by atoms with Crippen LogP contribution in [0.5, 0.6) is 0 Å². The number of methoxy groups -OCH3 is 1. The van der Waals surface area contributed by atoms with Gasteiger partial charge in [0, 0.05) is 17.3 Å². The van der Waals surface area contributed by atoms with Gasteiger partial charge in [0.1, 0.15) is 0 Å². The normalized spacial score (nSPS) is 10.4. The van der Waals surface area contributed by atoms with Gasteiger partial charge in [-0.1, -0.05) is 18.2 Å². The molecule has 2 heterocycles. The van der Waals surface area contributed by atoms with E-state index in [1.54, 1.807) is 42.6 Å². The number of carbonyl (C=O) groups excluding carboxylic acids is 2. The number of hydrogen-bond acceptors (Lipinski definition) is 7. The van der Waals surface area contributed by atoms with Gasteiger partial charge in [-0.15, -0.1) is 10.2 Å². The van der Waals surface area contributed by atoms with Crippen molar-refractivity contribution in [3.63, 3.8) is 0 Å². The number of ether oxygens (including phenoxy) is 1. The minimum Gasteiger partial charge on any atom is -0.465 e. The Morgan fingerprint density at radius 1 is 0.900 bits per heavy atom. The highest BCUT2D eigenvalue weighted by atomic mass is 16.5. The van der Waals surface area contributed by atoms with E-state index < -0.39 is 11.9 Å². The van der Waals surface area contributed by atoms with Crippen LogP contribution in [0, 0.1) is 0 Å². The SMILES string of the molecule is COC(=O)c1ccc(NC(=O)c2ccc(Nc3cccc4cccnc34)nn2)cc1. The van der Waals surface area contributed by atoms with Gasteiger partial charge >= 0.3 is 5.97 Å². The van der Waals surface area contributed by atoms with E-state index in [9.17, 15) is 9.59 Å². The number of esters is 1. The van der Waals surface area contributed by atoms with Crippen molar-refractivity contribution in [3.8, 4) is 0 Å². The average Bonchev–Trinajstić information content (AvgIpc) is 2.80. The lowest BCUT2D eigenvalue weighted by Crippen LogP contribution is -2.14. The maximum Gasteiger partial charge on any atom is 0.337 e. The zero-order valence-corrected chi connectivity index (χ0v) is 16.0. The molecule has 8 heteroatoms. The molecule has 0 radical (unpaired) electrons. The van der Waals surface area contributed by atoms with Gasteiger partial charge < -0.3 is 15.4 Å². The standard InChI is InChI=1S/C22H17N5O3/c1-30-22(29)15-7-9-16(10-8-15)24-21(28)18-11-12-19(27-26-18)25-17-6-2-4-14-5-3-13-23-20(14)17/h2-13H,1H3,(H,24,28)(H,25,27). The number of hydrogen-bond donors (Lipinski definition) is 2. The van der Waals surface area contributed by atoms with Crippen molar-refractivity contribution in [2.24, 2.45) is 0 Å². The number of nitrogens with one attached hydrogen (secondary N) is 2. The van der Waals surface area contributed by atoms with E-state index in [4.69, 9.17) is 0 Å². The number of aromatic nitrogens is 3. The Labute approximate surface area is 171 Å². The lowest BCUT2D eigenvalue weighted by atomic mass is 10.2. The Morgan fingerprint density at radius 3 is 2.43 bits per heavy atom. The summed E-state index contributed by atoms with van der Waals surface area (Å²) in [7, 11) is 1.31. The number of carbonyl (C=O) groups is 2. The van der Waals surface area contributed by atoms with E-state index in [1.165, 1.54) is 7.11 Å². The Hall–Kier alpha value is -4.33. The number of rotatable bonds is 5. The molecule has 0 atom stereocenters. The molecule has 0 fully saturated rings. The molecule has 1 amide bonds. The fourth-order valence-corrected chi connectivity index (χ4v) is 2.87. The van der Waals surface area contributed by atoms with Gasteiger partial charge in [-0.2, -0.15) is 0 Å². The van der Waals surface area contributed by atoms with Crippen molar-refractivity contribution in [1.82, 2.24) is 15.2 Å². The summed E-state index contributed by atoms with van der Waals surface area (Å²) in [6.45, 7) is 0. The lowest BCUT2D eigenvalue weighted by molar-refractivity contribution is 0.0600. The smallest absolute Gasteiger partial charge is 0.337 e. The Balaban J connectivity index is 1.45. The second kappa shape index (κ2) is 8.36. The second-order valence-electron chi connectivity index (χ2n) is 6.33. The molecule has 0 bridgehead atoms. The van der Waals surface area contributed by atoms with E-state index in [1.807, 2.05) is 30.3 Å². The summed E-state index contributed by atoms with van der Waals surface area (Å²) in [4.78, 5) is 28.3. The molecule has 8 nitrogen and oxygen atoms in total. The first kappa shape index (κ1) is 19.0. The number of amides is 1. The van der Waals surface area contributed by atoms with E-state index >= 15 is 0 Å². The number of nitrogens with zero attached hydrogens (tertiary/aromatic N) is 3.